The van der Waals surface area contributed by atoms with E-state index in [2.05, 4.69) is 10.3 Å². The number of nitrogens with one attached hydrogen (secondary N) is 1. The highest BCUT2D eigenvalue weighted by atomic mass is 16.5. The Morgan fingerprint density at radius 2 is 1.83 bits per heavy atom. The average molecular weight is 390 g/mol. The molecule has 0 atom stereocenters. The van der Waals surface area contributed by atoms with Gasteiger partial charge in [-0.05, 0) is 48.4 Å². The Morgan fingerprint density at radius 3 is 2.59 bits per heavy atom. The first-order valence-corrected chi connectivity index (χ1v) is 9.26. The molecule has 0 saturated carbocycles. The number of ether oxygens (including phenoxy) is 2. The molecule has 2 aromatic heterocycles. The molecule has 4 aromatic rings. The van der Waals surface area contributed by atoms with Gasteiger partial charge in [-0.3, -0.25) is 9.38 Å². The molecule has 0 radical (unpaired) electrons. The van der Waals surface area contributed by atoms with Crippen LogP contribution in [0.5, 0.6) is 17.2 Å². The van der Waals surface area contributed by atoms with Gasteiger partial charge in [0.25, 0.3) is 0 Å². The number of phenolic OH excluding ortho intramolecular Hbond substituents is 1. The summed E-state index contributed by atoms with van der Waals surface area (Å²) in [6.45, 7) is 0.705. The third kappa shape index (κ3) is 3.80. The van der Waals surface area contributed by atoms with Crippen LogP contribution in [0.15, 0.2) is 61.1 Å². The first-order chi connectivity index (χ1) is 14.2. The van der Waals surface area contributed by atoms with Gasteiger partial charge >= 0.3 is 0 Å². The standard InChI is InChI=1S/C22H22N4O3/c1-28-18-8-3-15(13-19(18)29-2)9-10-24-22-21(16-4-6-17(27)7-5-16)25-20-14-23-11-12-26(20)22/h3-8,11-14,24,27H,9-10H2,1-2H3. The summed E-state index contributed by atoms with van der Waals surface area (Å²) < 4.78 is 12.7. The fourth-order valence-electron chi connectivity index (χ4n) is 3.26. The SMILES string of the molecule is COc1ccc(CCNc2c(-c3ccc(O)cc3)nc3cnccn23)cc1OC. The molecule has 0 saturated heterocycles. The van der Waals surface area contributed by atoms with E-state index in [-0.39, 0.29) is 5.75 Å². The molecule has 4 rings (SSSR count). The number of aromatic nitrogens is 3. The van der Waals surface area contributed by atoms with Gasteiger partial charge in [-0.1, -0.05) is 6.07 Å². The number of hydrogen-bond donors (Lipinski definition) is 2. The van der Waals surface area contributed by atoms with Crippen molar-refractivity contribution in [2.24, 2.45) is 0 Å². The maximum atomic E-state index is 9.59. The molecule has 148 valence electrons. The van der Waals surface area contributed by atoms with E-state index in [0.717, 1.165) is 40.5 Å². The number of benzene rings is 2. The second-order valence-electron chi connectivity index (χ2n) is 6.53. The quantitative estimate of drug-likeness (QED) is 0.500. The molecule has 0 amide bonds. The second-order valence-corrected chi connectivity index (χ2v) is 6.53. The number of methoxy groups -OCH3 is 2. The van der Waals surface area contributed by atoms with Crippen molar-refractivity contribution in [3.63, 3.8) is 0 Å². The summed E-state index contributed by atoms with van der Waals surface area (Å²) in [7, 11) is 3.26. The highest BCUT2D eigenvalue weighted by molar-refractivity contribution is 5.76. The van der Waals surface area contributed by atoms with Crippen molar-refractivity contribution in [3.8, 4) is 28.5 Å². The van der Waals surface area contributed by atoms with Crippen molar-refractivity contribution in [2.45, 2.75) is 6.42 Å². The molecule has 0 spiro atoms. The highest BCUT2D eigenvalue weighted by Gasteiger charge is 2.14. The van der Waals surface area contributed by atoms with Crippen molar-refractivity contribution in [1.82, 2.24) is 14.4 Å². The van der Waals surface area contributed by atoms with Crippen molar-refractivity contribution >= 4 is 11.5 Å². The van der Waals surface area contributed by atoms with Crippen molar-refractivity contribution in [2.75, 3.05) is 26.1 Å². The molecule has 2 heterocycles. The Bertz CT molecular complexity index is 1120. The van der Waals surface area contributed by atoms with Gasteiger partial charge in [0.2, 0.25) is 0 Å². The normalized spacial score (nSPS) is 10.8. The molecule has 2 N–H and O–H groups in total. The van der Waals surface area contributed by atoms with Crippen LogP contribution in [0.1, 0.15) is 5.56 Å². The summed E-state index contributed by atoms with van der Waals surface area (Å²) in [5.74, 6) is 2.54. The third-order valence-corrected chi connectivity index (χ3v) is 4.73. The summed E-state index contributed by atoms with van der Waals surface area (Å²) in [6, 6.07) is 12.9. The Morgan fingerprint density at radius 1 is 1.03 bits per heavy atom. The van der Waals surface area contributed by atoms with E-state index in [0.29, 0.717) is 12.3 Å². The fraction of sp³-hybridized carbons (Fsp3) is 0.182. The maximum absolute atomic E-state index is 9.59. The van der Waals surface area contributed by atoms with Crippen LogP contribution in [0.25, 0.3) is 16.9 Å². The lowest BCUT2D eigenvalue weighted by Crippen LogP contribution is -2.08. The molecular weight excluding hydrogens is 368 g/mol. The minimum atomic E-state index is 0.224. The first kappa shape index (κ1) is 18.6. The second kappa shape index (κ2) is 8.10. The minimum absolute atomic E-state index is 0.224. The van der Waals surface area contributed by atoms with Crippen molar-refractivity contribution in [3.05, 3.63) is 66.6 Å². The van der Waals surface area contributed by atoms with E-state index in [1.807, 2.05) is 40.9 Å². The molecule has 7 nitrogen and oxygen atoms in total. The maximum Gasteiger partial charge on any atom is 0.160 e. The zero-order chi connectivity index (χ0) is 20.2. The fourth-order valence-corrected chi connectivity index (χ4v) is 3.26. The van der Waals surface area contributed by atoms with Crippen LogP contribution in [0.4, 0.5) is 5.82 Å². The van der Waals surface area contributed by atoms with Crippen molar-refractivity contribution < 1.29 is 14.6 Å². The predicted octanol–water partition coefficient (Wildman–Crippen LogP) is 3.77. The molecule has 0 unspecified atom stereocenters. The Hall–Kier alpha value is -3.74. The summed E-state index contributed by atoms with van der Waals surface area (Å²) in [5, 5.41) is 13.1. The lowest BCUT2D eigenvalue weighted by atomic mass is 10.1. The zero-order valence-corrected chi connectivity index (χ0v) is 16.3. The molecule has 0 aliphatic carbocycles. The van der Waals surface area contributed by atoms with Gasteiger partial charge in [0, 0.05) is 24.5 Å². The monoisotopic (exact) mass is 390 g/mol. The summed E-state index contributed by atoms with van der Waals surface area (Å²) in [6.07, 6.45) is 6.14. The Labute approximate surface area is 168 Å². The number of aromatic hydroxyl groups is 1. The Balaban J connectivity index is 1.59. The van der Waals surface area contributed by atoms with E-state index in [1.165, 1.54) is 0 Å². The molecule has 0 aliphatic heterocycles. The number of rotatable bonds is 7. The lowest BCUT2D eigenvalue weighted by molar-refractivity contribution is 0.354. The number of imidazole rings is 1. The van der Waals surface area contributed by atoms with E-state index in [4.69, 9.17) is 14.5 Å². The average Bonchev–Trinajstić information content (AvgIpc) is 3.13. The predicted molar refractivity (Wildman–Crippen MR) is 112 cm³/mol. The number of hydrogen-bond acceptors (Lipinski definition) is 6. The van der Waals surface area contributed by atoms with E-state index >= 15 is 0 Å². The van der Waals surface area contributed by atoms with Gasteiger partial charge in [-0.25, -0.2) is 4.98 Å². The molecule has 7 heteroatoms. The molecule has 0 fully saturated rings. The topological polar surface area (TPSA) is 80.9 Å². The van der Waals surface area contributed by atoms with Gasteiger partial charge in [0.05, 0.1) is 20.4 Å². The molecule has 0 bridgehead atoms. The van der Waals surface area contributed by atoms with Crippen LogP contribution in [0.2, 0.25) is 0 Å². The highest BCUT2D eigenvalue weighted by Crippen LogP contribution is 2.30. The van der Waals surface area contributed by atoms with Crippen LogP contribution < -0.4 is 14.8 Å². The first-order valence-electron chi connectivity index (χ1n) is 9.26. The van der Waals surface area contributed by atoms with Crippen LogP contribution in [0.3, 0.4) is 0 Å². The van der Waals surface area contributed by atoms with Crippen molar-refractivity contribution in [1.29, 1.82) is 0 Å². The van der Waals surface area contributed by atoms with Gasteiger partial charge in [0.1, 0.15) is 17.3 Å². The smallest absolute Gasteiger partial charge is 0.160 e. The number of nitrogens with zero attached hydrogens (tertiary/aromatic N) is 3. The summed E-state index contributed by atoms with van der Waals surface area (Å²) >= 11 is 0. The van der Waals surface area contributed by atoms with E-state index in [1.54, 1.807) is 38.7 Å². The third-order valence-electron chi connectivity index (χ3n) is 4.73. The van der Waals surface area contributed by atoms with Crippen LogP contribution in [-0.2, 0) is 6.42 Å². The molecule has 29 heavy (non-hydrogen) atoms. The van der Waals surface area contributed by atoms with Crippen LogP contribution >= 0.6 is 0 Å². The van der Waals surface area contributed by atoms with Gasteiger partial charge in [0.15, 0.2) is 17.1 Å². The van der Waals surface area contributed by atoms with Crippen LogP contribution in [0, 0.1) is 0 Å². The summed E-state index contributed by atoms with van der Waals surface area (Å²) in [4.78, 5) is 8.87. The summed E-state index contributed by atoms with van der Waals surface area (Å²) in [5.41, 5.74) is 3.62. The molecule has 0 aliphatic rings. The Kier molecular flexibility index (Phi) is 5.20. The molecule has 2 aromatic carbocycles. The van der Waals surface area contributed by atoms with Gasteiger partial charge in [-0.2, -0.15) is 0 Å². The van der Waals surface area contributed by atoms with E-state index in [9.17, 15) is 5.11 Å². The number of phenols is 1. The molecular formula is C22H22N4O3. The van der Waals surface area contributed by atoms with Gasteiger partial charge < -0.3 is 19.9 Å². The number of fused-ring (bicyclic) bond motifs is 1. The minimum Gasteiger partial charge on any atom is -0.508 e. The zero-order valence-electron chi connectivity index (χ0n) is 16.3. The van der Waals surface area contributed by atoms with E-state index < -0.39 is 0 Å². The van der Waals surface area contributed by atoms with Gasteiger partial charge in [-0.15, -0.1) is 0 Å². The lowest BCUT2D eigenvalue weighted by Gasteiger charge is -2.11. The number of anilines is 1. The largest absolute Gasteiger partial charge is 0.508 e. The van der Waals surface area contributed by atoms with Crippen LogP contribution in [-0.4, -0.2) is 40.2 Å².